The van der Waals surface area contributed by atoms with Crippen molar-refractivity contribution in [1.82, 2.24) is 4.90 Å². The predicted octanol–water partition coefficient (Wildman–Crippen LogP) is 4.02. The second-order valence-corrected chi connectivity index (χ2v) is 6.52. The summed E-state index contributed by atoms with van der Waals surface area (Å²) in [7, 11) is 0. The van der Waals surface area contributed by atoms with Crippen molar-refractivity contribution in [3.05, 3.63) is 71.6 Å². The van der Waals surface area contributed by atoms with Crippen LogP contribution in [0, 0.1) is 11.7 Å². The average Bonchev–Trinajstić information content (AvgIpc) is 2.64. The molecule has 0 saturated carbocycles. The van der Waals surface area contributed by atoms with E-state index in [1.54, 1.807) is 12.1 Å². The van der Waals surface area contributed by atoms with Crippen LogP contribution in [0.5, 0.6) is 0 Å². The molecule has 1 aliphatic rings. The van der Waals surface area contributed by atoms with Crippen molar-refractivity contribution < 1.29 is 9.18 Å². The van der Waals surface area contributed by atoms with Gasteiger partial charge in [-0.05, 0) is 67.9 Å². The summed E-state index contributed by atoms with van der Waals surface area (Å²) >= 11 is 0. The fraction of sp³-hybridized carbons (Fsp3) is 0.286. The Morgan fingerprint density at radius 1 is 1.08 bits per heavy atom. The summed E-state index contributed by atoms with van der Waals surface area (Å²) in [5, 5.41) is 0. The lowest BCUT2D eigenvalue weighted by Gasteiger charge is -2.30. The van der Waals surface area contributed by atoms with Crippen LogP contribution in [0.1, 0.15) is 28.8 Å². The van der Waals surface area contributed by atoms with Gasteiger partial charge in [0.25, 0.3) is 0 Å². The summed E-state index contributed by atoms with van der Waals surface area (Å²) in [6.45, 7) is 2.69. The van der Waals surface area contributed by atoms with Crippen molar-refractivity contribution in [2.24, 2.45) is 5.92 Å². The zero-order valence-corrected chi connectivity index (χ0v) is 14.2. The van der Waals surface area contributed by atoms with Crippen LogP contribution in [-0.2, 0) is 0 Å². The summed E-state index contributed by atoms with van der Waals surface area (Å²) in [5.41, 5.74) is 8.20. The number of likely N-dealkylation sites (tertiary alicyclic amines) is 1. The number of rotatable bonds is 5. The fourth-order valence-electron chi connectivity index (χ4n) is 3.17. The number of hydrogen-bond acceptors (Lipinski definition) is 3. The summed E-state index contributed by atoms with van der Waals surface area (Å²) in [6.07, 6.45) is 5.95. The highest BCUT2D eigenvalue weighted by Crippen LogP contribution is 2.22. The van der Waals surface area contributed by atoms with Crippen molar-refractivity contribution in [1.29, 1.82) is 0 Å². The molecule has 0 radical (unpaired) electrons. The van der Waals surface area contributed by atoms with Crippen LogP contribution in [0.2, 0.25) is 0 Å². The number of benzene rings is 2. The Hall–Kier alpha value is -2.46. The third-order valence-corrected chi connectivity index (χ3v) is 4.70. The molecule has 25 heavy (non-hydrogen) atoms. The molecular weight excluding hydrogens is 315 g/mol. The van der Waals surface area contributed by atoms with Crippen molar-refractivity contribution in [2.45, 2.75) is 12.8 Å². The largest absolute Gasteiger partial charge is 0.399 e. The van der Waals surface area contributed by atoms with Gasteiger partial charge >= 0.3 is 0 Å². The Balaban J connectivity index is 1.47. The standard InChI is InChI=1S/C21H23FN2O/c22-19-7-5-17(6-8-19)21(25)18-11-14-24(15-12-18)13-1-2-16-3-9-20(23)10-4-16/h1-10,18H,11-15,23H2/b2-1+. The average molecular weight is 338 g/mol. The van der Waals surface area contributed by atoms with E-state index in [0.29, 0.717) is 5.56 Å². The van der Waals surface area contributed by atoms with Gasteiger partial charge in [-0.2, -0.15) is 0 Å². The van der Waals surface area contributed by atoms with E-state index in [2.05, 4.69) is 17.1 Å². The van der Waals surface area contributed by atoms with E-state index in [1.165, 1.54) is 12.1 Å². The maximum Gasteiger partial charge on any atom is 0.166 e. The summed E-state index contributed by atoms with van der Waals surface area (Å²) in [6, 6.07) is 13.7. The van der Waals surface area contributed by atoms with E-state index in [4.69, 9.17) is 5.73 Å². The Morgan fingerprint density at radius 2 is 1.72 bits per heavy atom. The number of ketones is 1. The topological polar surface area (TPSA) is 46.3 Å². The number of Topliss-reactive ketones (excluding diaryl/α,β-unsaturated/α-hetero) is 1. The zero-order chi connectivity index (χ0) is 17.6. The molecule has 1 saturated heterocycles. The van der Waals surface area contributed by atoms with E-state index in [-0.39, 0.29) is 17.5 Å². The molecule has 3 nitrogen and oxygen atoms in total. The molecule has 0 bridgehead atoms. The molecule has 2 aromatic carbocycles. The quantitative estimate of drug-likeness (QED) is 0.662. The minimum absolute atomic E-state index is 0.0442. The number of nitrogens with two attached hydrogens (primary N) is 1. The van der Waals surface area contributed by atoms with E-state index >= 15 is 0 Å². The lowest BCUT2D eigenvalue weighted by atomic mass is 9.89. The van der Waals surface area contributed by atoms with Crippen molar-refractivity contribution in [3.63, 3.8) is 0 Å². The number of carbonyl (C=O) groups is 1. The SMILES string of the molecule is Nc1ccc(/C=C/CN2CCC(C(=O)c3ccc(F)cc3)CC2)cc1. The lowest BCUT2D eigenvalue weighted by Crippen LogP contribution is -2.36. The number of nitrogens with zero attached hydrogens (tertiary/aromatic N) is 1. The van der Waals surface area contributed by atoms with E-state index in [9.17, 15) is 9.18 Å². The molecule has 3 rings (SSSR count). The molecular formula is C21H23FN2O. The first-order chi connectivity index (χ1) is 12.1. The fourth-order valence-corrected chi connectivity index (χ4v) is 3.17. The predicted molar refractivity (Wildman–Crippen MR) is 99.8 cm³/mol. The molecule has 0 atom stereocenters. The third kappa shape index (κ3) is 4.77. The van der Waals surface area contributed by atoms with Gasteiger partial charge in [0.15, 0.2) is 5.78 Å². The zero-order valence-electron chi connectivity index (χ0n) is 14.2. The van der Waals surface area contributed by atoms with E-state index in [1.807, 2.05) is 24.3 Å². The van der Waals surface area contributed by atoms with Gasteiger partial charge in [0, 0.05) is 23.7 Å². The number of carbonyl (C=O) groups excluding carboxylic acids is 1. The third-order valence-electron chi connectivity index (χ3n) is 4.70. The van der Waals surface area contributed by atoms with Crippen LogP contribution in [-0.4, -0.2) is 30.3 Å². The first kappa shape index (κ1) is 17.4. The molecule has 1 heterocycles. The van der Waals surface area contributed by atoms with Crippen LogP contribution in [0.4, 0.5) is 10.1 Å². The number of halogens is 1. The van der Waals surface area contributed by atoms with Crippen LogP contribution in [0.15, 0.2) is 54.6 Å². The van der Waals surface area contributed by atoms with Crippen LogP contribution in [0.25, 0.3) is 6.08 Å². The molecule has 1 fully saturated rings. The Kier molecular flexibility index (Phi) is 5.61. The summed E-state index contributed by atoms with van der Waals surface area (Å²) in [4.78, 5) is 14.8. The minimum atomic E-state index is -0.306. The van der Waals surface area contributed by atoms with Gasteiger partial charge in [-0.15, -0.1) is 0 Å². The molecule has 0 aromatic heterocycles. The second-order valence-electron chi connectivity index (χ2n) is 6.52. The number of hydrogen-bond donors (Lipinski definition) is 1. The van der Waals surface area contributed by atoms with Crippen LogP contribution >= 0.6 is 0 Å². The smallest absolute Gasteiger partial charge is 0.166 e. The lowest BCUT2D eigenvalue weighted by molar-refractivity contribution is 0.0848. The Morgan fingerprint density at radius 3 is 2.36 bits per heavy atom. The molecule has 1 aliphatic heterocycles. The van der Waals surface area contributed by atoms with Gasteiger partial charge in [-0.1, -0.05) is 24.3 Å². The highest BCUT2D eigenvalue weighted by molar-refractivity contribution is 5.97. The number of piperidine rings is 1. The van der Waals surface area contributed by atoms with E-state index < -0.39 is 0 Å². The maximum atomic E-state index is 13.0. The van der Waals surface area contributed by atoms with Crippen molar-refractivity contribution >= 4 is 17.5 Å². The van der Waals surface area contributed by atoms with Gasteiger partial charge in [0.05, 0.1) is 0 Å². The molecule has 130 valence electrons. The van der Waals surface area contributed by atoms with E-state index in [0.717, 1.165) is 43.7 Å². The van der Waals surface area contributed by atoms with Gasteiger partial charge in [-0.3, -0.25) is 9.69 Å². The molecule has 4 heteroatoms. The highest BCUT2D eigenvalue weighted by atomic mass is 19.1. The van der Waals surface area contributed by atoms with Crippen LogP contribution in [0.3, 0.4) is 0 Å². The number of nitrogen functional groups attached to an aromatic ring is 1. The first-order valence-corrected chi connectivity index (χ1v) is 8.66. The van der Waals surface area contributed by atoms with Gasteiger partial charge in [0.1, 0.15) is 5.82 Å². The van der Waals surface area contributed by atoms with Crippen molar-refractivity contribution in [3.8, 4) is 0 Å². The Bertz CT molecular complexity index is 729. The molecule has 2 N–H and O–H groups in total. The Labute approximate surface area is 148 Å². The molecule has 0 amide bonds. The normalized spacial score (nSPS) is 16.4. The van der Waals surface area contributed by atoms with Crippen molar-refractivity contribution in [2.75, 3.05) is 25.4 Å². The summed E-state index contributed by atoms with van der Waals surface area (Å²) in [5.74, 6) is -0.126. The molecule has 0 aliphatic carbocycles. The molecule has 0 unspecified atom stereocenters. The monoisotopic (exact) mass is 338 g/mol. The van der Waals surface area contributed by atoms with Gasteiger partial charge < -0.3 is 5.73 Å². The highest BCUT2D eigenvalue weighted by Gasteiger charge is 2.25. The maximum absolute atomic E-state index is 13.0. The van der Waals surface area contributed by atoms with Gasteiger partial charge in [0.2, 0.25) is 0 Å². The molecule has 2 aromatic rings. The summed E-state index contributed by atoms with van der Waals surface area (Å²) < 4.78 is 13.0. The number of anilines is 1. The van der Waals surface area contributed by atoms with Gasteiger partial charge in [-0.25, -0.2) is 4.39 Å². The second kappa shape index (κ2) is 8.08. The molecule has 0 spiro atoms. The minimum Gasteiger partial charge on any atom is -0.399 e. The van der Waals surface area contributed by atoms with Crippen LogP contribution < -0.4 is 5.73 Å². The first-order valence-electron chi connectivity index (χ1n) is 8.66.